The molecule has 2 aromatic rings. The molecule has 3 rings (SSSR count). The van der Waals surface area contributed by atoms with E-state index in [2.05, 4.69) is 10.3 Å². The summed E-state index contributed by atoms with van der Waals surface area (Å²) in [6, 6.07) is 10.1. The maximum Gasteiger partial charge on any atom is 0.235 e. The van der Waals surface area contributed by atoms with Crippen molar-refractivity contribution in [3.05, 3.63) is 54.1 Å². The van der Waals surface area contributed by atoms with Crippen LogP contribution in [0.15, 0.2) is 42.6 Å². The molecule has 0 saturated carbocycles. The van der Waals surface area contributed by atoms with Gasteiger partial charge in [-0.2, -0.15) is 4.39 Å². The number of anilines is 1. The Labute approximate surface area is 109 Å². The van der Waals surface area contributed by atoms with Gasteiger partial charge in [0.2, 0.25) is 11.9 Å². The molecule has 2 heterocycles. The van der Waals surface area contributed by atoms with Crippen molar-refractivity contribution in [2.45, 2.75) is 5.92 Å². The number of ether oxygens (including phenoxy) is 1. The molecule has 1 aromatic heterocycles. The van der Waals surface area contributed by atoms with E-state index in [9.17, 15) is 9.18 Å². The number of carbonyl (C=O) groups is 1. The summed E-state index contributed by atoms with van der Waals surface area (Å²) in [5.41, 5.74) is 1.34. The molecule has 0 saturated heterocycles. The number of hydrogen-bond acceptors (Lipinski definition) is 3. The predicted octanol–water partition coefficient (Wildman–Crippen LogP) is 2.34. The zero-order chi connectivity index (χ0) is 13.2. The summed E-state index contributed by atoms with van der Waals surface area (Å²) in [7, 11) is 0. The van der Waals surface area contributed by atoms with Gasteiger partial charge in [0, 0.05) is 5.56 Å². The molecule has 1 aliphatic rings. The number of benzene rings is 1. The topological polar surface area (TPSA) is 51.2 Å². The van der Waals surface area contributed by atoms with Crippen LogP contribution in [0.1, 0.15) is 11.5 Å². The van der Waals surface area contributed by atoms with E-state index in [0.29, 0.717) is 12.3 Å². The maximum atomic E-state index is 12.7. The number of nitrogens with one attached hydrogen (secondary N) is 1. The molecule has 0 fully saturated rings. The van der Waals surface area contributed by atoms with E-state index < -0.39 is 5.95 Å². The summed E-state index contributed by atoms with van der Waals surface area (Å²) >= 11 is 0. The van der Waals surface area contributed by atoms with Gasteiger partial charge in [0.15, 0.2) is 0 Å². The van der Waals surface area contributed by atoms with Crippen molar-refractivity contribution in [3.8, 4) is 5.75 Å². The van der Waals surface area contributed by atoms with Crippen molar-refractivity contribution in [1.82, 2.24) is 4.98 Å². The minimum Gasteiger partial charge on any atom is -0.492 e. The van der Waals surface area contributed by atoms with Crippen LogP contribution in [0, 0.1) is 5.95 Å². The molecule has 1 unspecified atom stereocenters. The molecular weight excluding hydrogens is 247 g/mol. The Morgan fingerprint density at radius 3 is 2.95 bits per heavy atom. The van der Waals surface area contributed by atoms with E-state index in [1.165, 1.54) is 18.3 Å². The van der Waals surface area contributed by atoms with Crippen LogP contribution < -0.4 is 10.1 Å². The molecule has 0 bridgehead atoms. The van der Waals surface area contributed by atoms with Gasteiger partial charge in [-0.05, 0) is 18.2 Å². The molecule has 5 heteroatoms. The Hall–Kier alpha value is -2.43. The lowest BCUT2D eigenvalue weighted by Gasteiger charge is -2.09. The fourth-order valence-corrected chi connectivity index (χ4v) is 2.06. The van der Waals surface area contributed by atoms with Crippen molar-refractivity contribution in [2.75, 3.05) is 11.9 Å². The minimum atomic E-state index is -0.576. The highest BCUT2D eigenvalue weighted by Gasteiger charge is 2.29. The van der Waals surface area contributed by atoms with Gasteiger partial charge < -0.3 is 10.1 Å². The maximum absolute atomic E-state index is 12.7. The number of halogens is 1. The number of fused-ring (bicyclic) bond motifs is 1. The second kappa shape index (κ2) is 4.68. The van der Waals surface area contributed by atoms with Crippen LogP contribution >= 0.6 is 0 Å². The molecule has 1 amide bonds. The molecule has 19 heavy (non-hydrogen) atoms. The van der Waals surface area contributed by atoms with Crippen molar-refractivity contribution < 1.29 is 13.9 Å². The third-order valence-corrected chi connectivity index (χ3v) is 3.01. The SMILES string of the molecule is O=C(Nc1ccc(F)nc1)C1COc2ccccc21. The first-order chi connectivity index (χ1) is 9.24. The van der Waals surface area contributed by atoms with Gasteiger partial charge in [0.25, 0.3) is 0 Å². The normalized spacial score (nSPS) is 16.6. The molecule has 0 aliphatic carbocycles. The molecule has 4 nitrogen and oxygen atoms in total. The van der Waals surface area contributed by atoms with Gasteiger partial charge in [-0.1, -0.05) is 18.2 Å². The number of carbonyl (C=O) groups excluding carboxylic acids is 1. The van der Waals surface area contributed by atoms with Gasteiger partial charge in [-0.3, -0.25) is 4.79 Å². The van der Waals surface area contributed by atoms with Crippen molar-refractivity contribution in [1.29, 1.82) is 0 Å². The number of nitrogens with zero attached hydrogens (tertiary/aromatic N) is 1. The lowest BCUT2D eigenvalue weighted by Crippen LogP contribution is -2.22. The Balaban J connectivity index is 1.77. The molecule has 1 aromatic carbocycles. The summed E-state index contributed by atoms with van der Waals surface area (Å²) in [6.45, 7) is 0.319. The smallest absolute Gasteiger partial charge is 0.235 e. The molecule has 96 valence electrons. The van der Waals surface area contributed by atoms with E-state index in [1.807, 2.05) is 24.3 Å². The Morgan fingerprint density at radius 1 is 1.32 bits per heavy atom. The Kier molecular flexibility index (Phi) is 2.87. The van der Waals surface area contributed by atoms with Gasteiger partial charge in [-0.25, -0.2) is 4.98 Å². The van der Waals surface area contributed by atoms with Crippen LogP contribution in [-0.4, -0.2) is 17.5 Å². The zero-order valence-corrected chi connectivity index (χ0v) is 9.97. The largest absolute Gasteiger partial charge is 0.492 e. The third-order valence-electron chi connectivity index (χ3n) is 3.01. The average molecular weight is 258 g/mol. The van der Waals surface area contributed by atoms with E-state index in [1.54, 1.807) is 0 Å². The molecule has 1 N–H and O–H groups in total. The number of pyridine rings is 1. The van der Waals surface area contributed by atoms with Crippen LogP contribution in [-0.2, 0) is 4.79 Å². The average Bonchev–Trinajstić information content (AvgIpc) is 2.85. The fourth-order valence-electron chi connectivity index (χ4n) is 2.06. The first kappa shape index (κ1) is 11.6. The lowest BCUT2D eigenvalue weighted by atomic mass is 10.0. The van der Waals surface area contributed by atoms with E-state index in [0.717, 1.165) is 11.3 Å². The first-order valence-corrected chi connectivity index (χ1v) is 5.88. The van der Waals surface area contributed by atoms with Crippen molar-refractivity contribution >= 4 is 11.6 Å². The molecule has 0 radical (unpaired) electrons. The van der Waals surface area contributed by atoms with Gasteiger partial charge in [0.1, 0.15) is 18.3 Å². The van der Waals surface area contributed by atoms with E-state index in [4.69, 9.17) is 4.74 Å². The first-order valence-electron chi connectivity index (χ1n) is 5.88. The number of para-hydroxylation sites is 1. The Morgan fingerprint density at radius 2 is 2.16 bits per heavy atom. The monoisotopic (exact) mass is 258 g/mol. The van der Waals surface area contributed by atoms with Crippen LogP contribution in [0.25, 0.3) is 0 Å². The third kappa shape index (κ3) is 2.27. The Bertz CT molecular complexity index is 613. The second-order valence-corrected chi connectivity index (χ2v) is 4.26. The number of hydrogen-bond donors (Lipinski definition) is 1. The second-order valence-electron chi connectivity index (χ2n) is 4.26. The summed E-state index contributed by atoms with van der Waals surface area (Å²) < 4.78 is 18.1. The van der Waals surface area contributed by atoms with Crippen molar-refractivity contribution in [2.24, 2.45) is 0 Å². The predicted molar refractivity (Wildman–Crippen MR) is 67.5 cm³/mol. The highest BCUT2D eigenvalue weighted by Crippen LogP contribution is 2.34. The van der Waals surface area contributed by atoms with Gasteiger partial charge in [0.05, 0.1) is 11.9 Å². The van der Waals surface area contributed by atoms with E-state index in [-0.39, 0.29) is 11.8 Å². The van der Waals surface area contributed by atoms with Gasteiger partial charge >= 0.3 is 0 Å². The summed E-state index contributed by atoms with van der Waals surface area (Å²) in [6.07, 6.45) is 1.29. The van der Waals surface area contributed by atoms with Crippen LogP contribution in [0.4, 0.5) is 10.1 Å². The fraction of sp³-hybridized carbons (Fsp3) is 0.143. The van der Waals surface area contributed by atoms with Crippen LogP contribution in [0.2, 0.25) is 0 Å². The summed E-state index contributed by atoms with van der Waals surface area (Å²) in [5.74, 6) is -0.368. The summed E-state index contributed by atoms with van der Waals surface area (Å²) in [5, 5.41) is 2.70. The minimum absolute atomic E-state index is 0.182. The lowest BCUT2D eigenvalue weighted by molar-refractivity contribution is -0.117. The molecule has 1 aliphatic heterocycles. The highest BCUT2D eigenvalue weighted by molar-refractivity contribution is 5.96. The number of rotatable bonds is 2. The quantitative estimate of drug-likeness (QED) is 0.841. The van der Waals surface area contributed by atoms with Crippen LogP contribution in [0.3, 0.4) is 0 Å². The van der Waals surface area contributed by atoms with E-state index >= 15 is 0 Å². The molecule has 1 atom stereocenters. The van der Waals surface area contributed by atoms with Gasteiger partial charge in [-0.15, -0.1) is 0 Å². The van der Waals surface area contributed by atoms with Crippen molar-refractivity contribution in [3.63, 3.8) is 0 Å². The molecule has 0 spiro atoms. The number of amides is 1. The van der Waals surface area contributed by atoms with Crippen LogP contribution in [0.5, 0.6) is 5.75 Å². The summed E-state index contributed by atoms with van der Waals surface area (Å²) in [4.78, 5) is 15.6. The standard InChI is InChI=1S/C14H11FN2O2/c15-13-6-5-9(7-16-13)17-14(18)11-8-19-12-4-2-1-3-10(11)12/h1-7,11H,8H2,(H,17,18). The number of aromatic nitrogens is 1. The zero-order valence-electron chi connectivity index (χ0n) is 9.97. The molecular formula is C14H11FN2O2. The highest BCUT2D eigenvalue weighted by atomic mass is 19.1.